The van der Waals surface area contributed by atoms with Crippen LogP contribution in [-0.4, -0.2) is 166 Å². The normalized spacial score (nSPS) is 17.7. The summed E-state index contributed by atoms with van der Waals surface area (Å²) in [6.07, 6.45) is 0.682. The lowest BCUT2D eigenvalue weighted by Gasteiger charge is -2.39. The zero-order chi connectivity index (χ0) is 54.5. The van der Waals surface area contributed by atoms with Crippen molar-refractivity contribution in [1.82, 2.24) is 54.4 Å². The van der Waals surface area contributed by atoms with Crippen molar-refractivity contribution in [2.45, 2.75) is 78.1 Å². The van der Waals surface area contributed by atoms with Gasteiger partial charge in [0.2, 0.25) is 11.7 Å². The van der Waals surface area contributed by atoms with Gasteiger partial charge in [-0.1, -0.05) is 42.3 Å². The van der Waals surface area contributed by atoms with Crippen LogP contribution in [0.1, 0.15) is 94.0 Å². The molecule has 0 aliphatic carbocycles. The molecule has 4 N–H and O–H groups in total. The molecule has 0 bridgehead atoms. The zero-order valence-corrected chi connectivity index (χ0v) is 44.7. The van der Waals surface area contributed by atoms with Crippen LogP contribution in [0.3, 0.4) is 0 Å². The van der Waals surface area contributed by atoms with Crippen molar-refractivity contribution < 1.29 is 42.9 Å². The summed E-state index contributed by atoms with van der Waals surface area (Å²) in [4.78, 5) is 52.6. The molecule has 2 amide bonds. The van der Waals surface area contributed by atoms with Gasteiger partial charge < -0.3 is 35.3 Å². The predicted molar refractivity (Wildman–Crippen MR) is 285 cm³/mol. The number of halogens is 4. The summed E-state index contributed by atoms with van der Waals surface area (Å²) in [6.45, 7) is 16.7. The Hall–Kier alpha value is -6.72. The van der Waals surface area contributed by atoms with Crippen molar-refractivity contribution in [3.05, 3.63) is 116 Å². The number of thiophene rings is 1. The average molecular weight is 1100 g/mol. The first-order chi connectivity index (χ1) is 36.9. The molecule has 4 aliphatic heterocycles. The molecule has 3 saturated heterocycles. The number of benzene rings is 3. The summed E-state index contributed by atoms with van der Waals surface area (Å²) in [5.41, 5.74) is 6.24. The number of amides is 2. The van der Waals surface area contributed by atoms with Gasteiger partial charge in [-0.25, -0.2) is 4.79 Å². The number of aromatic nitrogens is 6. The lowest BCUT2D eigenvalue weighted by molar-refractivity contribution is -0.192. The molecule has 408 valence electrons. The summed E-state index contributed by atoms with van der Waals surface area (Å²) in [5.74, 6) is -0.802. The number of carbonyl (C=O) groups is 3. The predicted octanol–water partition coefficient (Wildman–Crippen LogP) is 7.75. The molecule has 77 heavy (non-hydrogen) atoms. The van der Waals surface area contributed by atoms with E-state index in [-0.39, 0.29) is 35.6 Å². The highest BCUT2D eigenvalue weighted by Gasteiger charge is 2.38. The summed E-state index contributed by atoms with van der Waals surface area (Å²) in [6, 6.07) is 19.7. The molecule has 0 saturated carbocycles. The first-order valence-corrected chi connectivity index (χ1v) is 27.1. The maximum absolute atomic E-state index is 14.1. The molecule has 1 atom stereocenters. The molecule has 10 rings (SSSR count). The lowest BCUT2D eigenvalue weighted by Crippen LogP contribution is -2.48. The SMILES string of the molecule is Cc1sc2c(c1C)C(c1ccc(Cl)cc1)=N[C@@H](CC(=O)N1CCC(CN3CCN(Cc4ccc(-n5c(C(=O)NCCN6CCCCC6)nnc5-c5ccc(O)cc5O)cc4)CC3)CC1)c1nnc(C)n1-2.O=C(O)C(F)(F)F. The first kappa shape index (κ1) is 55.0. The third-order valence-electron chi connectivity index (χ3n) is 14.8. The number of phenols is 2. The van der Waals surface area contributed by atoms with E-state index < -0.39 is 18.2 Å². The quantitative estimate of drug-likeness (QED) is 0.0873. The van der Waals surface area contributed by atoms with Crippen LogP contribution in [0.2, 0.25) is 5.02 Å². The van der Waals surface area contributed by atoms with Crippen LogP contribution in [0.15, 0.2) is 71.7 Å². The Bertz CT molecular complexity index is 3100. The Morgan fingerprint density at radius 1 is 0.792 bits per heavy atom. The van der Waals surface area contributed by atoms with Crippen LogP contribution in [-0.2, 0) is 16.1 Å². The number of hydrogen-bond donors (Lipinski definition) is 4. The Kier molecular flexibility index (Phi) is 17.1. The number of phenolic OH excluding ortho intramolecular Hbond substituents is 2. The van der Waals surface area contributed by atoms with E-state index in [0.717, 1.165) is 118 Å². The van der Waals surface area contributed by atoms with E-state index in [0.29, 0.717) is 40.4 Å². The number of alkyl halides is 3. The molecule has 3 fully saturated rings. The molecule has 3 aromatic heterocycles. The third-order valence-corrected chi connectivity index (χ3v) is 16.2. The fraction of sp³-hybridized carbons (Fsp3) is 0.444. The number of nitrogens with zero attached hydrogens (tertiary/aromatic N) is 11. The highest BCUT2D eigenvalue weighted by atomic mass is 35.5. The van der Waals surface area contributed by atoms with Gasteiger partial charge in [0.1, 0.15) is 28.4 Å². The highest BCUT2D eigenvalue weighted by Crippen LogP contribution is 2.40. The number of nitrogens with one attached hydrogen (secondary N) is 1. The van der Waals surface area contributed by atoms with Gasteiger partial charge in [0, 0.05) is 98.2 Å². The number of rotatable bonds is 13. The van der Waals surface area contributed by atoms with Gasteiger partial charge in [-0.2, -0.15) is 13.2 Å². The number of likely N-dealkylation sites (tertiary alicyclic amines) is 2. The van der Waals surface area contributed by atoms with Crippen LogP contribution in [0.5, 0.6) is 11.5 Å². The number of aromatic hydroxyl groups is 2. The Labute approximate surface area is 452 Å². The van der Waals surface area contributed by atoms with E-state index in [9.17, 15) is 33.0 Å². The van der Waals surface area contributed by atoms with Crippen molar-refractivity contribution in [3.8, 4) is 33.6 Å². The molecule has 3 aromatic carbocycles. The second kappa shape index (κ2) is 23.9. The van der Waals surface area contributed by atoms with Gasteiger partial charge in [-0.05, 0) is 113 Å². The number of piperazine rings is 1. The summed E-state index contributed by atoms with van der Waals surface area (Å²) < 4.78 is 35.5. The van der Waals surface area contributed by atoms with Crippen LogP contribution >= 0.6 is 22.9 Å². The maximum atomic E-state index is 14.1. The van der Waals surface area contributed by atoms with Gasteiger partial charge >= 0.3 is 12.1 Å². The Morgan fingerprint density at radius 3 is 2.13 bits per heavy atom. The van der Waals surface area contributed by atoms with E-state index >= 15 is 0 Å². The van der Waals surface area contributed by atoms with E-state index in [1.165, 1.54) is 41.8 Å². The zero-order valence-electron chi connectivity index (χ0n) is 43.1. The van der Waals surface area contributed by atoms with Crippen molar-refractivity contribution in [3.63, 3.8) is 0 Å². The monoisotopic (exact) mass is 1100 g/mol. The maximum Gasteiger partial charge on any atom is 0.490 e. The van der Waals surface area contributed by atoms with Gasteiger partial charge in [-0.3, -0.25) is 28.6 Å². The lowest BCUT2D eigenvalue weighted by atomic mass is 9.95. The molecule has 0 spiro atoms. The van der Waals surface area contributed by atoms with Crippen LogP contribution in [0, 0.1) is 26.7 Å². The largest absolute Gasteiger partial charge is 0.508 e. The first-order valence-electron chi connectivity index (χ1n) is 25.9. The van der Waals surface area contributed by atoms with E-state index in [1.54, 1.807) is 22.0 Å². The molecule has 23 heteroatoms. The van der Waals surface area contributed by atoms with Crippen LogP contribution in [0.25, 0.3) is 22.1 Å². The molecule has 7 heterocycles. The number of aliphatic carboxylic acids is 1. The minimum atomic E-state index is -5.08. The molecule has 0 unspecified atom stereocenters. The number of carbonyl (C=O) groups excluding carboxylic acids is 2. The van der Waals surface area contributed by atoms with Gasteiger partial charge in [-0.15, -0.1) is 31.7 Å². The van der Waals surface area contributed by atoms with Gasteiger partial charge in [0.15, 0.2) is 11.6 Å². The Balaban J connectivity index is 0.000000967. The smallest absolute Gasteiger partial charge is 0.490 e. The number of carboxylic acids is 1. The van der Waals surface area contributed by atoms with Crippen molar-refractivity contribution in [1.29, 1.82) is 0 Å². The standard InChI is InChI=1S/C52H61ClN12O4S.C2HF3O2/c1-33-34(2)70-52-46(33)47(38-9-11-39(53)12-10-38)55-43(49-58-56-35(3)64(49)52)30-45(68)63-22-17-37(18-23-63)32-62-27-25-61(26-28-62)31-36-7-13-40(14-8-36)65-48(42-16-15-41(66)29-44(42)67)57-59-50(65)51(69)54-19-24-60-20-5-4-6-21-60;3-2(4,5)1(6)7/h7-16,29,37,43,66-67H,4-6,17-28,30-32H2,1-3H3,(H,54,69);(H,6,7)/t43-;/m0./s1. The highest BCUT2D eigenvalue weighted by molar-refractivity contribution is 7.15. The molecule has 18 nitrogen and oxygen atoms in total. The van der Waals surface area contributed by atoms with Crippen LogP contribution in [0.4, 0.5) is 13.2 Å². The van der Waals surface area contributed by atoms with E-state index in [1.807, 2.05) is 48.2 Å². The fourth-order valence-electron chi connectivity index (χ4n) is 10.4. The third kappa shape index (κ3) is 12.8. The van der Waals surface area contributed by atoms with Crippen molar-refractivity contribution in [2.75, 3.05) is 72.0 Å². The minimum absolute atomic E-state index is 0.0732. The number of fused-ring (bicyclic) bond motifs is 3. The molecule has 0 radical (unpaired) electrons. The number of piperidine rings is 2. The topological polar surface area (TPSA) is 211 Å². The Morgan fingerprint density at radius 2 is 1.47 bits per heavy atom. The summed E-state index contributed by atoms with van der Waals surface area (Å²) in [7, 11) is 0. The average Bonchev–Trinajstić information content (AvgIpc) is 4.13. The van der Waals surface area contributed by atoms with Crippen molar-refractivity contribution in [2.24, 2.45) is 10.9 Å². The second-order valence-corrected chi connectivity index (χ2v) is 21.7. The minimum Gasteiger partial charge on any atom is -0.508 e. The number of carboxylic acid groups (broad SMARTS) is 1. The molecule has 4 aliphatic rings. The number of aryl methyl sites for hydroxylation is 2. The number of hydrogen-bond acceptors (Lipinski definition) is 14. The van der Waals surface area contributed by atoms with E-state index in [4.69, 9.17) is 26.5 Å². The molecule has 6 aromatic rings. The summed E-state index contributed by atoms with van der Waals surface area (Å²) in [5, 5.41) is 50.4. The van der Waals surface area contributed by atoms with Gasteiger partial charge in [0.05, 0.1) is 17.7 Å². The van der Waals surface area contributed by atoms with Crippen LogP contribution < -0.4 is 5.32 Å². The molecular formula is C54H62ClF3N12O6S. The number of aliphatic imine (C=N–C) groups is 1. The molecular weight excluding hydrogens is 1040 g/mol. The fourth-order valence-corrected chi connectivity index (χ4v) is 11.8. The summed E-state index contributed by atoms with van der Waals surface area (Å²) >= 11 is 8.02. The van der Waals surface area contributed by atoms with Crippen molar-refractivity contribution >= 4 is 46.4 Å². The van der Waals surface area contributed by atoms with E-state index in [2.05, 4.69) is 71.0 Å². The second-order valence-electron chi connectivity index (χ2n) is 20.0. The van der Waals surface area contributed by atoms with Gasteiger partial charge in [0.25, 0.3) is 5.91 Å².